The van der Waals surface area contributed by atoms with Crippen LogP contribution < -0.4 is 14.8 Å². The molecule has 41 heavy (non-hydrogen) atoms. The Kier molecular flexibility index (Phi) is 8.06. The van der Waals surface area contributed by atoms with Gasteiger partial charge >= 0.3 is 12.1 Å². The van der Waals surface area contributed by atoms with Gasteiger partial charge in [-0.3, -0.25) is 4.79 Å². The van der Waals surface area contributed by atoms with Crippen LogP contribution in [0.3, 0.4) is 0 Å². The van der Waals surface area contributed by atoms with E-state index in [0.29, 0.717) is 29.3 Å². The summed E-state index contributed by atoms with van der Waals surface area (Å²) in [6.45, 7) is 5.68. The summed E-state index contributed by atoms with van der Waals surface area (Å²) in [5.74, 6) is 0.306. The van der Waals surface area contributed by atoms with Crippen molar-refractivity contribution in [3.63, 3.8) is 0 Å². The lowest BCUT2D eigenvalue weighted by molar-refractivity contribution is -0.152. The van der Waals surface area contributed by atoms with Gasteiger partial charge in [-0.25, -0.2) is 19.6 Å². The minimum atomic E-state index is -0.930. The van der Waals surface area contributed by atoms with Crippen LogP contribution in [0.4, 0.5) is 4.79 Å². The van der Waals surface area contributed by atoms with Crippen molar-refractivity contribution in [2.24, 2.45) is 11.3 Å². The van der Waals surface area contributed by atoms with Crippen LogP contribution >= 0.6 is 0 Å². The van der Waals surface area contributed by atoms with E-state index in [1.165, 1.54) is 12.0 Å². The molecule has 11 nitrogen and oxygen atoms in total. The molecule has 2 aliphatic heterocycles. The maximum absolute atomic E-state index is 13.9. The molecule has 2 bridgehead atoms. The molecule has 3 heterocycles. The average Bonchev–Trinajstić information content (AvgIpc) is 3.53. The molecule has 1 saturated heterocycles. The average molecular weight is 567 g/mol. The monoisotopic (exact) mass is 566 g/mol. The van der Waals surface area contributed by atoms with Crippen molar-refractivity contribution in [3.8, 4) is 11.6 Å². The molecule has 220 valence electrons. The van der Waals surface area contributed by atoms with E-state index in [9.17, 15) is 14.4 Å². The van der Waals surface area contributed by atoms with Crippen LogP contribution in [0.2, 0.25) is 0 Å². The quantitative estimate of drug-likeness (QED) is 0.428. The number of amides is 2. The first-order valence-electron chi connectivity index (χ1n) is 14.1. The highest BCUT2D eigenvalue weighted by atomic mass is 16.6. The molecule has 0 radical (unpaired) electrons. The smallest absolute Gasteiger partial charge is 0.408 e. The molecule has 1 aromatic heterocycles. The van der Waals surface area contributed by atoms with Crippen molar-refractivity contribution in [1.29, 1.82) is 0 Å². The summed E-state index contributed by atoms with van der Waals surface area (Å²) >= 11 is 0. The van der Waals surface area contributed by atoms with Gasteiger partial charge in [0.1, 0.15) is 35.7 Å². The number of carbonyl (C=O) groups excluding carboxylic acids is 3. The lowest BCUT2D eigenvalue weighted by Crippen LogP contribution is -2.57. The zero-order valence-corrected chi connectivity index (χ0v) is 24.2. The fourth-order valence-corrected chi connectivity index (χ4v) is 5.41. The van der Waals surface area contributed by atoms with Crippen LogP contribution in [0.25, 0.3) is 11.0 Å². The van der Waals surface area contributed by atoms with Gasteiger partial charge in [0, 0.05) is 18.4 Å². The van der Waals surface area contributed by atoms with Gasteiger partial charge in [0.25, 0.3) is 0 Å². The second-order valence-corrected chi connectivity index (χ2v) is 12.0. The molecule has 2 amide bonds. The first-order chi connectivity index (χ1) is 19.6. The second-order valence-electron chi connectivity index (χ2n) is 12.0. The number of hydrogen-bond acceptors (Lipinski definition) is 9. The Morgan fingerprint density at radius 1 is 1.07 bits per heavy atom. The van der Waals surface area contributed by atoms with Gasteiger partial charge < -0.3 is 29.2 Å². The van der Waals surface area contributed by atoms with Crippen LogP contribution in [0.1, 0.15) is 52.1 Å². The lowest BCUT2D eigenvalue weighted by atomic mass is 9.85. The van der Waals surface area contributed by atoms with E-state index in [1.807, 2.05) is 32.9 Å². The summed E-state index contributed by atoms with van der Waals surface area (Å²) in [6.07, 6.45) is 5.93. The van der Waals surface area contributed by atoms with Gasteiger partial charge in [-0.2, -0.15) is 0 Å². The van der Waals surface area contributed by atoms with Crippen LogP contribution in [-0.4, -0.2) is 77.9 Å². The molecule has 2 aromatic rings. The zero-order valence-electron chi connectivity index (χ0n) is 24.2. The van der Waals surface area contributed by atoms with Gasteiger partial charge in [0.2, 0.25) is 11.8 Å². The van der Waals surface area contributed by atoms with Crippen molar-refractivity contribution in [2.45, 2.75) is 77.2 Å². The van der Waals surface area contributed by atoms with E-state index in [1.54, 1.807) is 13.2 Å². The number of aromatic nitrogens is 2. The Morgan fingerprint density at radius 3 is 2.61 bits per heavy atom. The molecule has 0 spiro atoms. The number of ether oxygens (including phenoxy) is 4. The fourth-order valence-electron chi connectivity index (χ4n) is 5.41. The molecule has 2 fully saturated rings. The molecule has 1 aliphatic carbocycles. The van der Waals surface area contributed by atoms with Crippen molar-refractivity contribution in [2.75, 3.05) is 20.8 Å². The van der Waals surface area contributed by atoms with Gasteiger partial charge in [-0.05, 0) is 43.2 Å². The third kappa shape index (κ3) is 6.39. The maximum Gasteiger partial charge on any atom is 0.408 e. The van der Waals surface area contributed by atoms with E-state index in [-0.39, 0.29) is 25.0 Å². The molecule has 3 unspecified atom stereocenters. The number of aryl methyl sites for hydroxylation is 1. The maximum atomic E-state index is 13.9. The predicted molar refractivity (Wildman–Crippen MR) is 149 cm³/mol. The highest BCUT2D eigenvalue weighted by Crippen LogP contribution is 2.37. The number of allylic oxidation sites excluding steroid dienone is 2. The molecular formula is C30H38N4O7. The third-order valence-corrected chi connectivity index (χ3v) is 7.85. The molecule has 1 saturated carbocycles. The van der Waals surface area contributed by atoms with E-state index in [0.717, 1.165) is 24.8 Å². The number of alkyl carbamates (subject to hydrolysis) is 1. The van der Waals surface area contributed by atoms with Crippen LogP contribution in [0.15, 0.2) is 30.4 Å². The lowest BCUT2D eigenvalue weighted by Gasteiger charge is -2.34. The SMILES string of the molecule is COC(=O)C1C[C@@H]2CN1C(=O)C(C(C)(C)C)NC(=O)OC1C[C@H]1CC=CCCc1nc3ccc(OC)cc3nc1O2. The largest absolute Gasteiger partial charge is 0.497 e. The molecular weight excluding hydrogens is 528 g/mol. The standard InChI is InChI=1S/C30H38N4O7/c1-30(2,3)25-27(35)34-16-19(15-23(34)28(36)39-5)40-26-21(31-20-12-11-18(38-4)14-22(20)32-26)10-8-6-7-9-17-13-24(17)41-29(37)33-25/h6-7,11-12,14,17,19,23-25H,8-10,13,15-16H2,1-5H3,(H,33,37)/t17-,19-,23?,24?,25?/m1/s1. The minimum absolute atomic E-state index is 0.115. The summed E-state index contributed by atoms with van der Waals surface area (Å²) in [6, 6.07) is 3.69. The first kappa shape index (κ1) is 28.6. The van der Waals surface area contributed by atoms with Gasteiger partial charge in [0.05, 0.1) is 31.8 Å². The number of esters is 1. The topological polar surface area (TPSA) is 129 Å². The third-order valence-electron chi connectivity index (χ3n) is 7.85. The number of carbonyl (C=O) groups is 3. The van der Waals surface area contributed by atoms with Crippen molar-refractivity contribution in [1.82, 2.24) is 20.2 Å². The summed E-state index contributed by atoms with van der Waals surface area (Å²) in [7, 11) is 2.88. The Bertz CT molecular complexity index is 1350. The number of methoxy groups -OCH3 is 2. The molecule has 11 heteroatoms. The highest BCUT2D eigenvalue weighted by molar-refractivity contribution is 5.91. The number of nitrogens with zero attached hydrogens (tertiary/aromatic N) is 3. The van der Waals surface area contributed by atoms with Crippen LogP contribution in [-0.2, 0) is 25.5 Å². The molecule has 1 aromatic carbocycles. The number of hydrogen-bond donors (Lipinski definition) is 1. The molecule has 5 atom stereocenters. The van der Waals surface area contributed by atoms with Gasteiger partial charge in [-0.15, -0.1) is 0 Å². The molecule has 1 N–H and O–H groups in total. The van der Waals surface area contributed by atoms with Crippen LogP contribution in [0.5, 0.6) is 11.6 Å². The Balaban J connectivity index is 1.51. The fraction of sp³-hybridized carbons (Fsp3) is 0.567. The number of benzene rings is 1. The highest BCUT2D eigenvalue weighted by Gasteiger charge is 2.47. The number of fused-ring (bicyclic) bond motifs is 5. The van der Waals surface area contributed by atoms with Gasteiger partial charge in [-0.1, -0.05) is 32.9 Å². The van der Waals surface area contributed by atoms with E-state index >= 15 is 0 Å². The second kappa shape index (κ2) is 11.5. The van der Waals surface area contributed by atoms with Crippen molar-refractivity contribution >= 4 is 29.0 Å². The summed E-state index contributed by atoms with van der Waals surface area (Å²) < 4.78 is 22.4. The van der Waals surface area contributed by atoms with Crippen molar-refractivity contribution in [3.05, 3.63) is 36.0 Å². The van der Waals surface area contributed by atoms with E-state index in [4.69, 9.17) is 28.9 Å². The van der Waals surface area contributed by atoms with E-state index < -0.39 is 41.6 Å². The Hall–Kier alpha value is -3.89. The molecule has 3 aliphatic rings. The summed E-state index contributed by atoms with van der Waals surface area (Å²) in [5.41, 5.74) is 1.38. The minimum Gasteiger partial charge on any atom is -0.497 e. The Labute approximate surface area is 239 Å². The first-order valence-corrected chi connectivity index (χ1v) is 14.1. The van der Waals surface area contributed by atoms with Crippen molar-refractivity contribution < 1.29 is 33.3 Å². The Morgan fingerprint density at radius 2 is 1.88 bits per heavy atom. The molecule has 5 rings (SSSR count). The summed E-state index contributed by atoms with van der Waals surface area (Å²) in [4.78, 5) is 50.7. The van der Waals surface area contributed by atoms with Crippen LogP contribution in [0, 0.1) is 11.3 Å². The zero-order chi connectivity index (χ0) is 29.3. The number of nitrogens with one attached hydrogen (secondary N) is 1. The van der Waals surface area contributed by atoms with Gasteiger partial charge in [0.15, 0.2) is 0 Å². The van der Waals surface area contributed by atoms with E-state index in [2.05, 4.69) is 17.5 Å². The number of rotatable bonds is 2. The predicted octanol–water partition coefficient (Wildman–Crippen LogP) is 3.58. The summed E-state index contributed by atoms with van der Waals surface area (Å²) in [5, 5.41) is 2.78. The normalized spacial score (nSPS) is 27.0.